The van der Waals surface area contributed by atoms with Gasteiger partial charge in [-0.2, -0.15) is 0 Å². The predicted molar refractivity (Wildman–Crippen MR) is 125 cm³/mol. The maximum atomic E-state index is 13.5. The summed E-state index contributed by atoms with van der Waals surface area (Å²) in [5.41, 5.74) is 1.77. The largest absolute Gasteiger partial charge is 0.507 e. The second kappa shape index (κ2) is 8.04. The van der Waals surface area contributed by atoms with Crippen LogP contribution >= 0.6 is 23.4 Å². The van der Waals surface area contributed by atoms with Gasteiger partial charge >= 0.3 is 0 Å². The molecule has 0 aliphatic carbocycles. The molecule has 0 bridgehead atoms. The second-order valence-electron chi connectivity index (χ2n) is 7.74. The van der Waals surface area contributed by atoms with E-state index in [1.54, 1.807) is 42.5 Å². The van der Waals surface area contributed by atoms with Crippen LogP contribution in [0.25, 0.3) is 0 Å². The molecule has 0 aromatic heterocycles. The van der Waals surface area contributed by atoms with Gasteiger partial charge in [0.25, 0.3) is 0 Å². The Labute approximate surface area is 193 Å². The molecule has 3 aromatic carbocycles. The number of ketones is 2. The molecule has 5 rings (SSSR count). The lowest BCUT2D eigenvalue weighted by Crippen LogP contribution is -2.37. The van der Waals surface area contributed by atoms with Crippen LogP contribution in [0.2, 0.25) is 5.02 Å². The Morgan fingerprint density at radius 1 is 0.938 bits per heavy atom. The van der Waals surface area contributed by atoms with E-state index in [0.29, 0.717) is 17.1 Å². The second-order valence-corrected chi connectivity index (χ2v) is 9.20. The average Bonchev–Trinajstić information content (AvgIpc) is 3.15. The number of allylic oxidation sites excluding steroid dienone is 1. The molecule has 5 nitrogen and oxygen atoms in total. The monoisotopic (exact) mass is 463 g/mol. The van der Waals surface area contributed by atoms with Gasteiger partial charge in [0.1, 0.15) is 11.5 Å². The van der Waals surface area contributed by atoms with E-state index in [1.165, 1.54) is 23.9 Å². The lowest BCUT2D eigenvalue weighted by molar-refractivity contribution is 0.0912. The van der Waals surface area contributed by atoms with Crippen molar-refractivity contribution in [3.8, 4) is 11.5 Å². The number of benzene rings is 3. The quantitative estimate of drug-likeness (QED) is 0.486. The normalized spacial score (nSPS) is 17.2. The Morgan fingerprint density at radius 2 is 1.59 bits per heavy atom. The van der Waals surface area contributed by atoms with Crippen LogP contribution in [0, 0.1) is 5.92 Å². The number of phenols is 2. The van der Waals surface area contributed by atoms with E-state index in [4.69, 9.17) is 11.6 Å². The zero-order chi connectivity index (χ0) is 22.4. The fraction of sp³-hybridized carbons (Fsp3) is 0.120. The van der Waals surface area contributed by atoms with Gasteiger partial charge in [0.2, 0.25) is 0 Å². The van der Waals surface area contributed by atoms with E-state index in [2.05, 4.69) is 0 Å². The molecule has 0 radical (unpaired) electrons. The molecule has 1 unspecified atom stereocenters. The van der Waals surface area contributed by atoms with E-state index in [9.17, 15) is 19.8 Å². The minimum absolute atomic E-state index is 0.0798. The first-order valence-corrected chi connectivity index (χ1v) is 11.3. The zero-order valence-electron chi connectivity index (χ0n) is 16.8. The van der Waals surface area contributed by atoms with Gasteiger partial charge in [-0.25, -0.2) is 0 Å². The average molecular weight is 464 g/mol. The van der Waals surface area contributed by atoms with Gasteiger partial charge in [-0.05, 0) is 48.9 Å². The van der Waals surface area contributed by atoms with Crippen LogP contribution in [0.15, 0.2) is 82.2 Å². The van der Waals surface area contributed by atoms with Crippen LogP contribution in [0.3, 0.4) is 0 Å². The topological polar surface area (TPSA) is 77.8 Å². The third-order valence-corrected chi connectivity index (χ3v) is 7.18. The molecular formula is C25H18ClNO4S. The number of anilines is 1. The predicted octanol–water partition coefficient (Wildman–Crippen LogP) is 5.66. The summed E-state index contributed by atoms with van der Waals surface area (Å²) >= 11 is 7.63. The highest BCUT2D eigenvalue weighted by atomic mass is 35.5. The van der Waals surface area contributed by atoms with Crippen molar-refractivity contribution >= 4 is 40.6 Å². The molecule has 2 heterocycles. The van der Waals surface area contributed by atoms with Gasteiger partial charge in [-0.1, -0.05) is 47.6 Å². The number of phenolic OH excluding ortho intramolecular Hbond substituents is 2. The highest BCUT2D eigenvalue weighted by molar-refractivity contribution is 8.03. The van der Waals surface area contributed by atoms with E-state index < -0.39 is 5.92 Å². The fourth-order valence-corrected chi connectivity index (χ4v) is 5.68. The lowest BCUT2D eigenvalue weighted by atomic mass is 9.85. The zero-order valence-corrected chi connectivity index (χ0v) is 18.4. The van der Waals surface area contributed by atoms with Gasteiger partial charge in [0.05, 0.1) is 21.8 Å². The molecule has 0 amide bonds. The van der Waals surface area contributed by atoms with Crippen molar-refractivity contribution < 1.29 is 19.8 Å². The Bertz CT molecular complexity index is 1300. The number of hydrogen-bond acceptors (Lipinski definition) is 6. The highest BCUT2D eigenvalue weighted by Crippen LogP contribution is 2.52. The molecule has 2 N–H and O–H groups in total. The first kappa shape index (κ1) is 20.7. The molecule has 2 aliphatic rings. The maximum absolute atomic E-state index is 13.5. The number of aromatic hydroxyl groups is 2. The summed E-state index contributed by atoms with van der Waals surface area (Å²) in [4.78, 5) is 29.7. The number of thioether (sulfide) groups is 1. The summed E-state index contributed by atoms with van der Waals surface area (Å²) in [6.45, 7) is 0.377. The van der Waals surface area contributed by atoms with E-state index in [-0.39, 0.29) is 40.6 Å². The van der Waals surface area contributed by atoms with E-state index >= 15 is 0 Å². The summed E-state index contributed by atoms with van der Waals surface area (Å²) < 4.78 is 0. The minimum Gasteiger partial charge on any atom is -0.507 e. The number of fused-ring (bicyclic) bond motifs is 3. The van der Waals surface area contributed by atoms with Gasteiger partial charge in [-0.15, -0.1) is 0 Å². The van der Waals surface area contributed by atoms with Crippen LogP contribution in [0.4, 0.5) is 5.69 Å². The van der Waals surface area contributed by atoms with Gasteiger partial charge in [0.15, 0.2) is 11.6 Å². The van der Waals surface area contributed by atoms with Crippen LogP contribution in [-0.2, 0) is 0 Å². The Hall–Kier alpha value is -3.22. The van der Waals surface area contributed by atoms with Gasteiger partial charge in [0, 0.05) is 28.0 Å². The van der Waals surface area contributed by atoms with Gasteiger partial charge in [-0.3, -0.25) is 9.59 Å². The molecular weight excluding hydrogens is 446 g/mol. The fourth-order valence-electron chi connectivity index (χ4n) is 4.18. The van der Waals surface area contributed by atoms with Crippen LogP contribution in [-0.4, -0.2) is 28.3 Å². The van der Waals surface area contributed by atoms with Gasteiger partial charge < -0.3 is 15.1 Å². The number of hydrogen-bond donors (Lipinski definition) is 2. The van der Waals surface area contributed by atoms with Crippen LogP contribution in [0.1, 0.15) is 27.1 Å². The van der Waals surface area contributed by atoms with Crippen LogP contribution in [0.5, 0.6) is 11.5 Å². The molecule has 1 atom stereocenters. The van der Waals surface area contributed by atoms with Crippen molar-refractivity contribution in [1.29, 1.82) is 0 Å². The number of carbonyl (C=O) groups is 2. The summed E-state index contributed by atoms with van der Waals surface area (Å²) in [5.74, 6) is -1.26. The first-order valence-electron chi connectivity index (χ1n) is 10.1. The smallest absolute Gasteiger partial charge is 0.195 e. The number of rotatable bonds is 4. The standard InChI is InChI=1S/C25H18ClNO4S/c26-15-9-10-19-22(12-15)32-25-18(24(31)17-6-2-4-8-21(17)29)11-14(13-27(19)25)23(30)16-5-1-3-7-20(16)28/h1-10,12,14,28-29H,11,13H2. The van der Waals surface area contributed by atoms with Crippen LogP contribution < -0.4 is 4.90 Å². The molecule has 2 aliphatic heterocycles. The highest BCUT2D eigenvalue weighted by Gasteiger charge is 2.40. The molecule has 160 valence electrons. The van der Waals surface area contributed by atoms with Crippen molar-refractivity contribution in [1.82, 2.24) is 0 Å². The van der Waals surface area contributed by atoms with Crippen molar-refractivity contribution in [3.63, 3.8) is 0 Å². The number of carbonyl (C=O) groups excluding carboxylic acids is 2. The van der Waals surface area contributed by atoms with Crippen molar-refractivity contribution in [2.24, 2.45) is 5.92 Å². The molecule has 32 heavy (non-hydrogen) atoms. The minimum atomic E-state index is -0.543. The summed E-state index contributed by atoms with van der Waals surface area (Å²) in [6.07, 6.45) is 0.209. The first-order chi connectivity index (χ1) is 15.4. The summed E-state index contributed by atoms with van der Waals surface area (Å²) in [6, 6.07) is 18.3. The number of nitrogens with zero attached hydrogens (tertiary/aromatic N) is 1. The summed E-state index contributed by atoms with van der Waals surface area (Å²) in [5, 5.41) is 21.8. The third kappa shape index (κ3) is 3.45. The molecule has 0 saturated heterocycles. The summed E-state index contributed by atoms with van der Waals surface area (Å²) in [7, 11) is 0. The third-order valence-electron chi connectivity index (χ3n) is 5.74. The SMILES string of the molecule is O=C(C1=C2Sc3cc(Cl)ccc3N2CC(C(=O)c2ccccc2O)C1)c1ccccc1O. The molecule has 7 heteroatoms. The molecule has 0 spiro atoms. The van der Waals surface area contributed by atoms with E-state index in [1.807, 2.05) is 17.0 Å². The maximum Gasteiger partial charge on any atom is 0.195 e. The van der Waals surface area contributed by atoms with Crippen molar-refractivity contribution in [2.45, 2.75) is 11.3 Å². The Balaban J connectivity index is 1.61. The number of para-hydroxylation sites is 2. The molecule has 0 fully saturated rings. The number of halogens is 1. The Kier molecular flexibility index (Phi) is 5.19. The number of Topliss-reactive ketones (excluding diaryl/α,β-unsaturated/α-hetero) is 2. The molecule has 3 aromatic rings. The Morgan fingerprint density at radius 3 is 2.28 bits per heavy atom. The van der Waals surface area contributed by atoms with E-state index in [0.717, 1.165) is 15.6 Å². The molecule has 0 saturated carbocycles. The van der Waals surface area contributed by atoms with Crippen molar-refractivity contribution in [3.05, 3.63) is 93.5 Å². The van der Waals surface area contributed by atoms with Crippen molar-refractivity contribution in [2.75, 3.05) is 11.4 Å². The lowest BCUT2D eigenvalue weighted by Gasteiger charge is -2.33.